The molecule has 2 heteroatoms. The molecule has 0 amide bonds. The lowest BCUT2D eigenvalue weighted by molar-refractivity contribution is 0.231. The molecule has 1 aromatic rings. The van der Waals surface area contributed by atoms with E-state index in [1.807, 2.05) is 0 Å². The van der Waals surface area contributed by atoms with E-state index in [9.17, 15) is 0 Å². The minimum Gasteiger partial charge on any atom is -0.508 e. The zero-order chi connectivity index (χ0) is 8.27. The van der Waals surface area contributed by atoms with Crippen molar-refractivity contribution < 1.29 is 10.2 Å². The zero-order valence-electron chi connectivity index (χ0n) is 6.36. The summed E-state index contributed by atoms with van der Waals surface area (Å²) in [5, 5.41) is 17.9. The number of phenolic OH excluding ortho intramolecular Hbond substituents is 1. The van der Waals surface area contributed by atoms with Crippen LogP contribution in [0.25, 0.3) is 0 Å². The maximum absolute atomic E-state index is 8.96. The van der Waals surface area contributed by atoms with Gasteiger partial charge in [0.25, 0.3) is 0 Å². The molecule has 59 valence electrons. The topological polar surface area (TPSA) is 40.5 Å². The Morgan fingerprint density at radius 2 is 1.82 bits per heavy atom. The molecule has 0 spiro atoms. The van der Waals surface area contributed by atoms with Gasteiger partial charge in [0, 0.05) is 6.42 Å². The number of rotatable bonds is 2. The Bertz CT molecular complexity index is 214. The van der Waals surface area contributed by atoms with Gasteiger partial charge in [-0.15, -0.1) is 0 Å². The van der Waals surface area contributed by atoms with Crippen molar-refractivity contribution in [1.82, 2.24) is 0 Å². The first-order chi connectivity index (χ1) is 5.18. The van der Waals surface area contributed by atoms with Gasteiger partial charge in [-0.2, -0.15) is 0 Å². The number of aromatic hydroxyl groups is 1. The van der Waals surface area contributed by atoms with Gasteiger partial charge in [-0.3, -0.25) is 0 Å². The highest BCUT2D eigenvalue weighted by Crippen LogP contribution is 2.11. The predicted octanol–water partition coefficient (Wildman–Crippen LogP) is 1.33. The lowest BCUT2D eigenvalue weighted by Gasteiger charge is -2.02. The average molecular weight is 151 g/mol. The van der Waals surface area contributed by atoms with E-state index in [1.54, 1.807) is 37.6 Å². The van der Waals surface area contributed by atoms with Crippen molar-refractivity contribution in [1.29, 1.82) is 0 Å². The highest BCUT2D eigenvalue weighted by Gasteiger charge is 1.98. The van der Waals surface area contributed by atoms with Crippen molar-refractivity contribution in [3.8, 4) is 5.75 Å². The van der Waals surface area contributed by atoms with E-state index in [2.05, 4.69) is 0 Å². The average Bonchev–Trinajstić information content (AvgIpc) is 1.93. The highest BCUT2D eigenvalue weighted by atomic mass is 16.3. The molecule has 11 heavy (non-hydrogen) atoms. The van der Waals surface area contributed by atoms with Crippen LogP contribution in [0.1, 0.15) is 12.5 Å². The molecule has 2 N–H and O–H groups in total. The van der Waals surface area contributed by atoms with Gasteiger partial charge in [-0.25, -0.2) is 0 Å². The normalized spacial score (nSPS) is 12.9. The van der Waals surface area contributed by atoms with Gasteiger partial charge in [0.1, 0.15) is 5.75 Å². The molecule has 0 fully saturated rings. The molecule has 0 aromatic heterocycles. The van der Waals surface area contributed by atoms with Crippen LogP contribution in [0.5, 0.6) is 5.75 Å². The first kappa shape index (κ1) is 8.08. The number of hydrogen-bond acceptors (Lipinski definition) is 2. The van der Waals surface area contributed by atoms with E-state index in [0.717, 1.165) is 5.56 Å². The SMILES string of the molecule is CC(O)[CH]c1ccc(O)cc1. The van der Waals surface area contributed by atoms with Gasteiger partial charge in [0.15, 0.2) is 0 Å². The van der Waals surface area contributed by atoms with Gasteiger partial charge in [-0.1, -0.05) is 12.1 Å². The molecule has 0 heterocycles. The molecule has 2 nitrogen and oxygen atoms in total. The Hall–Kier alpha value is -1.02. The number of hydrogen-bond donors (Lipinski definition) is 2. The quantitative estimate of drug-likeness (QED) is 0.669. The summed E-state index contributed by atoms with van der Waals surface area (Å²) in [5.74, 6) is 0.243. The Kier molecular flexibility index (Phi) is 2.49. The van der Waals surface area contributed by atoms with Crippen molar-refractivity contribution in [3.63, 3.8) is 0 Å². The molecule has 0 aliphatic carbocycles. The van der Waals surface area contributed by atoms with E-state index >= 15 is 0 Å². The summed E-state index contributed by atoms with van der Waals surface area (Å²) in [6.45, 7) is 1.69. The van der Waals surface area contributed by atoms with Gasteiger partial charge < -0.3 is 10.2 Å². The van der Waals surface area contributed by atoms with E-state index in [4.69, 9.17) is 10.2 Å². The second kappa shape index (κ2) is 3.39. The monoisotopic (exact) mass is 151 g/mol. The molecule has 0 saturated heterocycles. The Balaban J connectivity index is 2.66. The highest BCUT2D eigenvalue weighted by molar-refractivity contribution is 5.30. The van der Waals surface area contributed by atoms with Crippen LogP contribution in [0.4, 0.5) is 0 Å². The zero-order valence-corrected chi connectivity index (χ0v) is 6.36. The Labute approximate surface area is 66.1 Å². The minimum absolute atomic E-state index is 0.243. The van der Waals surface area contributed by atoms with Gasteiger partial charge in [0.2, 0.25) is 0 Å². The molecule has 0 aliphatic heterocycles. The minimum atomic E-state index is -0.445. The fourth-order valence-electron chi connectivity index (χ4n) is 0.864. The van der Waals surface area contributed by atoms with Crippen LogP contribution >= 0.6 is 0 Å². The summed E-state index contributed by atoms with van der Waals surface area (Å²) in [4.78, 5) is 0. The van der Waals surface area contributed by atoms with Crippen LogP contribution < -0.4 is 0 Å². The molecule has 1 unspecified atom stereocenters. The van der Waals surface area contributed by atoms with Crippen molar-refractivity contribution in [3.05, 3.63) is 36.2 Å². The molecule has 1 atom stereocenters. The number of benzene rings is 1. The third-order valence-corrected chi connectivity index (χ3v) is 1.33. The van der Waals surface area contributed by atoms with E-state index < -0.39 is 6.10 Å². The van der Waals surface area contributed by atoms with Crippen LogP contribution in [-0.4, -0.2) is 16.3 Å². The first-order valence-electron chi connectivity index (χ1n) is 3.50. The van der Waals surface area contributed by atoms with Crippen molar-refractivity contribution >= 4 is 0 Å². The van der Waals surface area contributed by atoms with Gasteiger partial charge >= 0.3 is 0 Å². The summed E-state index contributed by atoms with van der Waals surface area (Å²) in [6, 6.07) is 6.69. The van der Waals surface area contributed by atoms with Crippen LogP contribution in [-0.2, 0) is 0 Å². The standard InChI is InChI=1S/C9H11O2/c1-7(10)6-8-2-4-9(11)5-3-8/h2-7,10-11H,1H3. The van der Waals surface area contributed by atoms with Crippen LogP contribution in [0, 0.1) is 6.42 Å². The molecule has 1 rings (SSSR count). The summed E-state index contributed by atoms with van der Waals surface area (Å²) in [6.07, 6.45) is 1.26. The fraction of sp³-hybridized carbons (Fsp3) is 0.222. The third-order valence-electron chi connectivity index (χ3n) is 1.33. The molecule has 0 saturated carbocycles. The number of aliphatic hydroxyl groups is 1. The molecule has 1 radical (unpaired) electrons. The van der Waals surface area contributed by atoms with E-state index in [0.29, 0.717) is 0 Å². The Morgan fingerprint density at radius 3 is 2.27 bits per heavy atom. The maximum Gasteiger partial charge on any atom is 0.115 e. The molecular weight excluding hydrogens is 140 g/mol. The lowest BCUT2D eigenvalue weighted by atomic mass is 10.1. The first-order valence-corrected chi connectivity index (χ1v) is 3.50. The number of aliphatic hydroxyl groups excluding tert-OH is 1. The fourth-order valence-corrected chi connectivity index (χ4v) is 0.864. The summed E-state index contributed by atoms with van der Waals surface area (Å²) in [5.41, 5.74) is 0.915. The molecular formula is C9H11O2. The smallest absolute Gasteiger partial charge is 0.115 e. The third kappa shape index (κ3) is 2.60. The lowest BCUT2D eigenvalue weighted by Crippen LogP contribution is -2.00. The Morgan fingerprint density at radius 1 is 1.27 bits per heavy atom. The van der Waals surface area contributed by atoms with Crippen LogP contribution in [0.3, 0.4) is 0 Å². The molecule has 0 bridgehead atoms. The molecule has 0 aliphatic rings. The van der Waals surface area contributed by atoms with Gasteiger partial charge in [0.05, 0.1) is 6.10 Å². The van der Waals surface area contributed by atoms with Crippen LogP contribution in [0.15, 0.2) is 24.3 Å². The van der Waals surface area contributed by atoms with E-state index in [-0.39, 0.29) is 5.75 Å². The van der Waals surface area contributed by atoms with E-state index in [1.165, 1.54) is 0 Å². The summed E-state index contributed by atoms with van der Waals surface area (Å²) in [7, 11) is 0. The molecule has 1 aromatic carbocycles. The van der Waals surface area contributed by atoms with Crippen molar-refractivity contribution in [2.24, 2.45) is 0 Å². The number of phenols is 1. The summed E-state index contributed by atoms with van der Waals surface area (Å²) >= 11 is 0. The second-order valence-electron chi connectivity index (χ2n) is 2.50. The predicted molar refractivity (Wildman–Crippen MR) is 43.2 cm³/mol. The second-order valence-corrected chi connectivity index (χ2v) is 2.50. The largest absolute Gasteiger partial charge is 0.508 e. The van der Waals surface area contributed by atoms with Crippen molar-refractivity contribution in [2.45, 2.75) is 13.0 Å². The van der Waals surface area contributed by atoms with Gasteiger partial charge in [-0.05, 0) is 24.6 Å². The maximum atomic E-state index is 8.96. The summed E-state index contributed by atoms with van der Waals surface area (Å²) < 4.78 is 0. The van der Waals surface area contributed by atoms with Crippen LogP contribution in [0.2, 0.25) is 0 Å². The van der Waals surface area contributed by atoms with Crippen molar-refractivity contribution in [2.75, 3.05) is 0 Å².